The lowest BCUT2D eigenvalue weighted by Crippen LogP contribution is -2.20. The van der Waals surface area contributed by atoms with Gasteiger partial charge in [-0.3, -0.25) is 0 Å². The Labute approximate surface area is 88.0 Å². The van der Waals surface area contributed by atoms with Gasteiger partial charge in [0.2, 0.25) is 0 Å². The minimum Gasteiger partial charge on any atom is -0.336 e. The van der Waals surface area contributed by atoms with Crippen molar-refractivity contribution in [3.63, 3.8) is 0 Å². The lowest BCUT2D eigenvalue weighted by molar-refractivity contribution is 0.575. The lowest BCUT2D eigenvalue weighted by atomic mass is 10.5. The molecular formula is C9H14N6. The second kappa shape index (κ2) is 4.70. The van der Waals surface area contributed by atoms with Gasteiger partial charge < -0.3 is 14.5 Å². The fourth-order valence-corrected chi connectivity index (χ4v) is 1.29. The first-order valence-electron chi connectivity index (χ1n) is 4.85. The number of aromatic nitrogens is 5. The fraction of sp³-hybridized carbons (Fsp3) is 0.444. The molecule has 0 spiro atoms. The summed E-state index contributed by atoms with van der Waals surface area (Å²) in [6.07, 6.45) is 7.24. The highest BCUT2D eigenvalue weighted by molar-refractivity contribution is 4.83. The quantitative estimate of drug-likeness (QED) is 0.688. The first kappa shape index (κ1) is 9.85. The molecular weight excluding hydrogens is 192 g/mol. The number of aryl methyl sites for hydroxylation is 1. The standard InChI is InChI=1S/C9H14N6/c1-14-8-12-13-9(14)6-10-2-4-15-5-3-11-7-15/h3,5,7-8,10H,2,4,6H2,1H3. The van der Waals surface area contributed by atoms with Gasteiger partial charge in [0, 0.05) is 32.5 Å². The second-order valence-electron chi connectivity index (χ2n) is 3.34. The molecule has 80 valence electrons. The number of nitrogens with one attached hydrogen (secondary N) is 1. The van der Waals surface area contributed by atoms with Crippen LogP contribution >= 0.6 is 0 Å². The third-order valence-electron chi connectivity index (χ3n) is 2.19. The molecule has 0 aliphatic carbocycles. The van der Waals surface area contributed by atoms with E-state index in [1.165, 1.54) is 0 Å². The van der Waals surface area contributed by atoms with Gasteiger partial charge in [0.15, 0.2) is 0 Å². The first-order chi connectivity index (χ1) is 7.36. The highest BCUT2D eigenvalue weighted by atomic mass is 15.3. The van der Waals surface area contributed by atoms with Crippen LogP contribution in [-0.4, -0.2) is 30.9 Å². The van der Waals surface area contributed by atoms with Crippen LogP contribution in [-0.2, 0) is 20.1 Å². The van der Waals surface area contributed by atoms with E-state index in [0.717, 1.165) is 25.5 Å². The fourth-order valence-electron chi connectivity index (χ4n) is 1.29. The third-order valence-corrected chi connectivity index (χ3v) is 2.19. The maximum absolute atomic E-state index is 3.98. The van der Waals surface area contributed by atoms with E-state index in [2.05, 4.69) is 20.5 Å². The van der Waals surface area contributed by atoms with Crippen molar-refractivity contribution >= 4 is 0 Å². The van der Waals surface area contributed by atoms with Gasteiger partial charge in [-0.2, -0.15) is 0 Å². The Balaban J connectivity index is 1.70. The summed E-state index contributed by atoms with van der Waals surface area (Å²) in [5.74, 6) is 0.945. The molecule has 0 radical (unpaired) electrons. The number of hydrogen-bond donors (Lipinski definition) is 1. The summed E-state index contributed by atoms with van der Waals surface area (Å²) >= 11 is 0. The lowest BCUT2D eigenvalue weighted by Gasteiger charge is -2.04. The largest absolute Gasteiger partial charge is 0.336 e. The molecule has 1 N–H and O–H groups in total. The van der Waals surface area contributed by atoms with E-state index in [9.17, 15) is 0 Å². The van der Waals surface area contributed by atoms with E-state index >= 15 is 0 Å². The molecule has 0 unspecified atom stereocenters. The van der Waals surface area contributed by atoms with Gasteiger partial charge in [-0.15, -0.1) is 10.2 Å². The molecule has 0 aliphatic rings. The van der Waals surface area contributed by atoms with E-state index in [-0.39, 0.29) is 0 Å². The summed E-state index contributed by atoms with van der Waals surface area (Å²) in [7, 11) is 1.94. The molecule has 15 heavy (non-hydrogen) atoms. The van der Waals surface area contributed by atoms with Crippen molar-refractivity contribution in [1.29, 1.82) is 0 Å². The van der Waals surface area contributed by atoms with Gasteiger partial charge in [0.1, 0.15) is 12.2 Å². The van der Waals surface area contributed by atoms with Gasteiger partial charge in [-0.1, -0.05) is 0 Å². The zero-order valence-corrected chi connectivity index (χ0v) is 8.67. The van der Waals surface area contributed by atoms with Crippen LogP contribution in [0.3, 0.4) is 0 Å². The SMILES string of the molecule is Cn1cnnc1CNCCn1ccnc1. The van der Waals surface area contributed by atoms with Crippen molar-refractivity contribution in [1.82, 2.24) is 29.6 Å². The van der Waals surface area contributed by atoms with Gasteiger partial charge in [-0.25, -0.2) is 4.98 Å². The summed E-state index contributed by atoms with van der Waals surface area (Å²) in [4.78, 5) is 3.97. The van der Waals surface area contributed by atoms with Crippen molar-refractivity contribution in [2.45, 2.75) is 13.1 Å². The van der Waals surface area contributed by atoms with Crippen molar-refractivity contribution in [2.24, 2.45) is 7.05 Å². The van der Waals surface area contributed by atoms with Crippen molar-refractivity contribution in [3.8, 4) is 0 Å². The summed E-state index contributed by atoms with van der Waals surface area (Å²) in [5.41, 5.74) is 0. The molecule has 0 saturated heterocycles. The molecule has 0 atom stereocenters. The predicted octanol–water partition coefficient (Wildman–Crippen LogP) is -0.199. The molecule has 0 saturated carbocycles. The third kappa shape index (κ3) is 2.63. The van der Waals surface area contributed by atoms with Crippen LogP contribution in [0.4, 0.5) is 0 Å². The molecule has 2 rings (SSSR count). The second-order valence-corrected chi connectivity index (χ2v) is 3.34. The molecule has 0 fully saturated rings. The van der Waals surface area contributed by atoms with Crippen LogP contribution < -0.4 is 5.32 Å². The highest BCUT2D eigenvalue weighted by Gasteiger charge is 1.98. The molecule has 2 aromatic heterocycles. The van der Waals surface area contributed by atoms with Crippen molar-refractivity contribution < 1.29 is 0 Å². The Kier molecular flexibility index (Phi) is 3.08. The molecule has 0 aliphatic heterocycles. The topological polar surface area (TPSA) is 60.6 Å². The van der Waals surface area contributed by atoms with Gasteiger partial charge >= 0.3 is 0 Å². The molecule has 0 amide bonds. The molecule has 2 aromatic rings. The maximum Gasteiger partial charge on any atom is 0.146 e. The average molecular weight is 206 g/mol. The van der Waals surface area contributed by atoms with Crippen LogP contribution in [0.2, 0.25) is 0 Å². The van der Waals surface area contributed by atoms with Crippen LogP contribution in [0.1, 0.15) is 5.82 Å². The van der Waals surface area contributed by atoms with E-state index in [1.807, 2.05) is 28.7 Å². The summed E-state index contributed by atoms with van der Waals surface area (Å²) in [5, 5.41) is 11.1. The Bertz CT molecular complexity index is 390. The number of rotatable bonds is 5. The van der Waals surface area contributed by atoms with Gasteiger partial charge in [0.05, 0.1) is 12.9 Å². The van der Waals surface area contributed by atoms with Gasteiger partial charge in [-0.05, 0) is 0 Å². The van der Waals surface area contributed by atoms with E-state index < -0.39 is 0 Å². The van der Waals surface area contributed by atoms with Gasteiger partial charge in [0.25, 0.3) is 0 Å². The van der Waals surface area contributed by atoms with Crippen LogP contribution in [0.15, 0.2) is 25.0 Å². The number of hydrogen-bond acceptors (Lipinski definition) is 4. The monoisotopic (exact) mass is 206 g/mol. The Hall–Kier alpha value is -1.69. The minimum absolute atomic E-state index is 0.741. The van der Waals surface area contributed by atoms with Crippen LogP contribution in [0.25, 0.3) is 0 Å². The summed E-state index contributed by atoms with van der Waals surface area (Å²) in [6.45, 7) is 2.55. The molecule has 6 heteroatoms. The molecule has 6 nitrogen and oxygen atoms in total. The normalized spacial score (nSPS) is 10.7. The highest BCUT2D eigenvalue weighted by Crippen LogP contribution is 1.90. The predicted molar refractivity (Wildman–Crippen MR) is 54.9 cm³/mol. The van der Waals surface area contributed by atoms with Crippen LogP contribution in [0.5, 0.6) is 0 Å². The van der Waals surface area contributed by atoms with E-state index in [4.69, 9.17) is 0 Å². The molecule has 0 aromatic carbocycles. The van der Waals surface area contributed by atoms with Crippen molar-refractivity contribution in [2.75, 3.05) is 6.54 Å². The Morgan fingerprint density at radius 3 is 3.00 bits per heavy atom. The number of nitrogens with zero attached hydrogens (tertiary/aromatic N) is 5. The average Bonchev–Trinajstić information content (AvgIpc) is 2.85. The minimum atomic E-state index is 0.741. The molecule has 0 bridgehead atoms. The smallest absolute Gasteiger partial charge is 0.146 e. The first-order valence-corrected chi connectivity index (χ1v) is 4.85. The van der Waals surface area contributed by atoms with E-state index in [1.54, 1.807) is 12.5 Å². The molecule has 2 heterocycles. The van der Waals surface area contributed by atoms with E-state index in [0.29, 0.717) is 0 Å². The Morgan fingerprint density at radius 2 is 2.33 bits per heavy atom. The van der Waals surface area contributed by atoms with Crippen LogP contribution in [0, 0.1) is 0 Å². The zero-order valence-electron chi connectivity index (χ0n) is 8.67. The number of imidazole rings is 1. The van der Waals surface area contributed by atoms with Crippen molar-refractivity contribution in [3.05, 3.63) is 30.9 Å². The summed E-state index contributed by atoms with van der Waals surface area (Å²) < 4.78 is 3.94. The Morgan fingerprint density at radius 1 is 1.40 bits per heavy atom. The summed E-state index contributed by atoms with van der Waals surface area (Å²) in [6, 6.07) is 0. The maximum atomic E-state index is 3.98. The zero-order chi connectivity index (χ0) is 10.5.